The van der Waals surface area contributed by atoms with Crippen LogP contribution in [0.5, 0.6) is 0 Å². The number of rotatable bonds is 4. The molecule has 2 rings (SSSR count). The highest BCUT2D eigenvalue weighted by Gasteiger charge is 2.17. The lowest BCUT2D eigenvalue weighted by molar-refractivity contribution is -0.112. The first-order valence-corrected chi connectivity index (χ1v) is 6.80. The molecule has 1 aliphatic heterocycles. The van der Waals surface area contributed by atoms with Crippen molar-refractivity contribution in [3.05, 3.63) is 35.4 Å². The lowest BCUT2D eigenvalue weighted by Gasteiger charge is -2.27. The van der Waals surface area contributed by atoms with Crippen LogP contribution in [0.25, 0.3) is 0 Å². The molecule has 0 unspecified atom stereocenters. The molecule has 0 bridgehead atoms. The summed E-state index contributed by atoms with van der Waals surface area (Å²) in [6.45, 7) is 1.57. The van der Waals surface area contributed by atoms with Gasteiger partial charge in [-0.2, -0.15) is 5.06 Å². The Bertz CT molecular complexity index is 408. The summed E-state index contributed by atoms with van der Waals surface area (Å²) in [5.74, 6) is 0.408. The van der Waals surface area contributed by atoms with E-state index in [0.717, 1.165) is 38.8 Å². The molecule has 1 saturated heterocycles. The minimum absolute atomic E-state index is 0.290. The molecule has 4 heteroatoms. The van der Waals surface area contributed by atoms with Crippen molar-refractivity contribution >= 4 is 5.97 Å². The number of nitrogens with zero attached hydrogens (tertiary/aromatic N) is 1. The van der Waals surface area contributed by atoms with Crippen molar-refractivity contribution in [2.45, 2.75) is 25.7 Å². The predicted molar refractivity (Wildman–Crippen MR) is 72.2 cm³/mol. The topological polar surface area (TPSA) is 49.8 Å². The fraction of sp³-hybridized carbons (Fsp3) is 0.533. The molecule has 1 fully saturated rings. The Morgan fingerprint density at radius 2 is 1.95 bits per heavy atom. The predicted octanol–water partition coefficient (Wildman–Crippen LogP) is 2.51. The van der Waals surface area contributed by atoms with Gasteiger partial charge < -0.3 is 9.94 Å². The summed E-state index contributed by atoms with van der Waals surface area (Å²) in [6.07, 6.45) is 4.30. The Morgan fingerprint density at radius 1 is 1.32 bits per heavy atom. The van der Waals surface area contributed by atoms with Crippen LogP contribution in [-0.4, -0.2) is 36.4 Å². The highest BCUT2D eigenvalue weighted by molar-refractivity contribution is 5.89. The lowest BCUT2D eigenvalue weighted by Crippen LogP contribution is -2.30. The van der Waals surface area contributed by atoms with Gasteiger partial charge in [-0.25, -0.2) is 4.79 Å². The monoisotopic (exact) mass is 263 g/mol. The van der Waals surface area contributed by atoms with E-state index < -0.39 is 0 Å². The second kappa shape index (κ2) is 6.68. The van der Waals surface area contributed by atoms with E-state index in [0.29, 0.717) is 11.5 Å². The Morgan fingerprint density at radius 3 is 2.53 bits per heavy atom. The van der Waals surface area contributed by atoms with Crippen LogP contribution in [0.2, 0.25) is 0 Å². The summed E-state index contributed by atoms with van der Waals surface area (Å²) >= 11 is 0. The molecule has 4 nitrogen and oxygen atoms in total. The molecule has 19 heavy (non-hydrogen) atoms. The van der Waals surface area contributed by atoms with E-state index in [1.165, 1.54) is 17.7 Å². The number of hydrogen-bond donors (Lipinski definition) is 1. The summed E-state index contributed by atoms with van der Waals surface area (Å²) in [5.41, 5.74) is 1.85. The summed E-state index contributed by atoms with van der Waals surface area (Å²) in [5, 5.41) is 10.7. The van der Waals surface area contributed by atoms with E-state index >= 15 is 0 Å². The lowest BCUT2D eigenvalue weighted by atomic mass is 9.91. The van der Waals surface area contributed by atoms with Crippen molar-refractivity contribution in [1.29, 1.82) is 0 Å². The molecule has 1 N–H and O–H groups in total. The van der Waals surface area contributed by atoms with Crippen molar-refractivity contribution in [2.24, 2.45) is 5.92 Å². The summed E-state index contributed by atoms with van der Waals surface area (Å²) in [4.78, 5) is 11.3. The summed E-state index contributed by atoms with van der Waals surface area (Å²) in [7, 11) is 1.39. The van der Waals surface area contributed by atoms with Crippen molar-refractivity contribution < 1.29 is 14.7 Å². The average Bonchev–Trinajstić information content (AvgIpc) is 2.46. The third-order valence-corrected chi connectivity index (χ3v) is 3.81. The number of esters is 1. The van der Waals surface area contributed by atoms with Gasteiger partial charge in [0.05, 0.1) is 12.7 Å². The highest BCUT2D eigenvalue weighted by atomic mass is 16.5. The number of benzene rings is 1. The minimum atomic E-state index is -0.290. The van der Waals surface area contributed by atoms with E-state index in [1.807, 2.05) is 24.3 Å². The van der Waals surface area contributed by atoms with Gasteiger partial charge in [0, 0.05) is 13.1 Å². The number of piperidine rings is 1. The number of carbonyl (C=O) groups excluding carboxylic acids is 1. The SMILES string of the molecule is COC(=O)c1ccc(CCC2CCN(O)CC2)cc1. The first-order valence-electron chi connectivity index (χ1n) is 6.80. The molecule has 104 valence electrons. The van der Waals surface area contributed by atoms with Crippen molar-refractivity contribution in [3.63, 3.8) is 0 Å². The number of hydroxylamine groups is 2. The van der Waals surface area contributed by atoms with E-state index in [1.54, 1.807) is 0 Å². The van der Waals surface area contributed by atoms with Gasteiger partial charge >= 0.3 is 5.97 Å². The minimum Gasteiger partial charge on any atom is -0.465 e. The number of ether oxygens (including phenoxy) is 1. The van der Waals surface area contributed by atoms with Crippen molar-refractivity contribution in [3.8, 4) is 0 Å². The van der Waals surface area contributed by atoms with Gasteiger partial charge in [0.15, 0.2) is 0 Å². The average molecular weight is 263 g/mol. The fourth-order valence-electron chi connectivity index (χ4n) is 2.50. The Labute approximate surface area is 113 Å². The van der Waals surface area contributed by atoms with Crippen LogP contribution in [0.15, 0.2) is 24.3 Å². The van der Waals surface area contributed by atoms with Crippen LogP contribution in [0.1, 0.15) is 35.2 Å². The molecule has 1 heterocycles. The third-order valence-electron chi connectivity index (χ3n) is 3.81. The number of aryl methyl sites for hydroxylation is 1. The normalized spacial score (nSPS) is 17.4. The van der Waals surface area contributed by atoms with Gasteiger partial charge in [0.2, 0.25) is 0 Å². The van der Waals surface area contributed by atoms with E-state index in [9.17, 15) is 10.0 Å². The van der Waals surface area contributed by atoms with Gasteiger partial charge in [-0.1, -0.05) is 12.1 Å². The maximum Gasteiger partial charge on any atom is 0.337 e. The maximum absolute atomic E-state index is 11.3. The third kappa shape index (κ3) is 4.04. The first kappa shape index (κ1) is 14.0. The van der Waals surface area contributed by atoms with Crippen LogP contribution in [0, 0.1) is 5.92 Å². The molecule has 0 atom stereocenters. The van der Waals surface area contributed by atoms with Gasteiger partial charge in [0.1, 0.15) is 0 Å². The molecule has 0 aromatic heterocycles. The quantitative estimate of drug-likeness (QED) is 0.848. The van der Waals surface area contributed by atoms with E-state index in [2.05, 4.69) is 4.74 Å². The Kier molecular flexibility index (Phi) is 4.93. The van der Waals surface area contributed by atoms with Crippen LogP contribution < -0.4 is 0 Å². The summed E-state index contributed by atoms with van der Waals surface area (Å²) < 4.78 is 4.67. The molecule has 0 spiro atoms. The second-order valence-electron chi connectivity index (χ2n) is 5.12. The molecular formula is C15H21NO3. The number of hydrogen-bond acceptors (Lipinski definition) is 4. The zero-order chi connectivity index (χ0) is 13.7. The van der Waals surface area contributed by atoms with Crippen LogP contribution in [-0.2, 0) is 11.2 Å². The largest absolute Gasteiger partial charge is 0.465 e. The molecule has 0 aliphatic carbocycles. The fourth-order valence-corrected chi connectivity index (χ4v) is 2.50. The van der Waals surface area contributed by atoms with E-state index in [-0.39, 0.29) is 5.97 Å². The van der Waals surface area contributed by atoms with Gasteiger partial charge in [0.25, 0.3) is 0 Å². The standard InChI is InChI=1S/C15H21NO3/c1-19-15(17)14-6-4-12(5-7-14)2-3-13-8-10-16(18)11-9-13/h4-7,13,18H,2-3,8-11H2,1H3. The van der Waals surface area contributed by atoms with Crippen molar-refractivity contribution in [2.75, 3.05) is 20.2 Å². The first-order chi connectivity index (χ1) is 9.19. The maximum atomic E-state index is 11.3. The molecule has 1 aromatic carbocycles. The van der Waals surface area contributed by atoms with Gasteiger partial charge in [-0.05, 0) is 49.3 Å². The van der Waals surface area contributed by atoms with Crippen LogP contribution in [0.3, 0.4) is 0 Å². The molecule has 1 aliphatic rings. The molecule has 0 saturated carbocycles. The van der Waals surface area contributed by atoms with Crippen molar-refractivity contribution in [1.82, 2.24) is 5.06 Å². The zero-order valence-corrected chi connectivity index (χ0v) is 11.3. The molecule has 0 amide bonds. The van der Waals surface area contributed by atoms with Gasteiger partial charge in [-0.15, -0.1) is 0 Å². The Hall–Kier alpha value is -1.39. The summed E-state index contributed by atoms with van der Waals surface area (Å²) in [6, 6.07) is 7.62. The van der Waals surface area contributed by atoms with Gasteiger partial charge in [-0.3, -0.25) is 0 Å². The number of methoxy groups -OCH3 is 1. The molecule has 1 aromatic rings. The van der Waals surface area contributed by atoms with Crippen LogP contribution in [0.4, 0.5) is 0 Å². The van der Waals surface area contributed by atoms with E-state index in [4.69, 9.17) is 0 Å². The number of carbonyl (C=O) groups is 1. The smallest absolute Gasteiger partial charge is 0.337 e. The Balaban J connectivity index is 1.81. The van der Waals surface area contributed by atoms with Crippen LogP contribution >= 0.6 is 0 Å². The second-order valence-corrected chi connectivity index (χ2v) is 5.12. The molecular weight excluding hydrogens is 242 g/mol. The molecule has 0 radical (unpaired) electrons. The highest BCUT2D eigenvalue weighted by Crippen LogP contribution is 2.21. The zero-order valence-electron chi connectivity index (χ0n) is 11.3.